The number of nitrogens with zero attached hydrogens (tertiary/aromatic N) is 2. The van der Waals surface area contributed by atoms with Crippen LogP contribution in [0.3, 0.4) is 0 Å². The van der Waals surface area contributed by atoms with Crippen LogP contribution in [0.1, 0.15) is 31.9 Å². The first kappa shape index (κ1) is 18.9. The Balaban J connectivity index is 2.05. The van der Waals surface area contributed by atoms with Crippen molar-refractivity contribution in [2.24, 2.45) is 4.99 Å². The van der Waals surface area contributed by atoms with Gasteiger partial charge in [0.05, 0.1) is 5.71 Å². The van der Waals surface area contributed by atoms with E-state index < -0.39 is 0 Å². The highest BCUT2D eigenvalue weighted by atomic mass is 15.1. The van der Waals surface area contributed by atoms with Crippen LogP contribution in [0.25, 0.3) is 5.57 Å². The fraction of sp³-hybridized carbons (Fsp3) is 0.240. The molecule has 2 aromatic rings. The maximum absolute atomic E-state index is 4.49. The van der Waals surface area contributed by atoms with Gasteiger partial charge in [-0.25, -0.2) is 0 Å². The standard InChI is InChI=1S/C25H28N2/c1-4-26-23-16-12-21(13-17-23)25(20-10-8-7-9-11-20)22-14-18-24(19-15-22)27(5-2)6-3/h7-19H,4-6H2,1-3H3. The number of allylic oxidation sites excluding steroid dienone is 5. The van der Waals surface area contributed by atoms with Gasteiger partial charge in [-0.3, -0.25) is 4.99 Å². The average Bonchev–Trinajstić information content (AvgIpc) is 2.72. The first-order chi connectivity index (χ1) is 13.3. The second-order valence-electron chi connectivity index (χ2n) is 6.48. The van der Waals surface area contributed by atoms with E-state index in [2.05, 4.69) is 110 Å². The lowest BCUT2D eigenvalue weighted by Gasteiger charge is -2.22. The van der Waals surface area contributed by atoms with Crippen LogP contribution in [0.2, 0.25) is 0 Å². The summed E-state index contributed by atoms with van der Waals surface area (Å²) in [4.78, 5) is 6.86. The number of hydrogen-bond acceptors (Lipinski definition) is 2. The molecule has 3 rings (SSSR count). The molecule has 0 aromatic heterocycles. The molecule has 1 aliphatic rings. The van der Waals surface area contributed by atoms with Gasteiger partial charge in [0.15, 0.2) is 0 Å². The Hall–Kier alpha value is -2.87. The molecule has 0 amide bonds. The zero-order chi connectivity index (χ0) is 19.1. The Morgan fingerprint density at radius 1 is 0.741 bits per heavy atom. The van der Waals surface area contributed by atoms with E-state index in [0.717, 1.165) is 25.3 Å². The van der Waals surface area contributed by atoms with Gasteiger partial charge in [0.25, 0.3) is 0 Å². The Kier molecular flexibility index (Phi) is 6.43. The summed E-state index contributed by atoms with van der Waals surface area (Å²) in [6.07, 6.45) is 8.56. The summed E-state index contributed by atoms with van der Waals surface area (Å²) >= 11 is 0. The maximum atomic E-state index is 4.49. The van der Waals surface area contributed by atoms with Crippen LogP contribution in [-0.4, -0.2) is 25.3 Å². The largest absolute Gasteiger partial charge is 0.372 e. The predicted octanol–water partition coefficient (Wildman–Crippen LogP) is 5.92. The van der Waals surface area contributed by atoms with Crippen molar-refractivity contribution in [1.82, 2.24) is 0 Å². The molecule has 27 heavy (non-hydrogen) atoms. The zero-order valence-corrected chi connectivity index (χ0v) is 16.5. The molecule has 2 aromatic carbocycles. The molecule has 2 heteroatoms. The first-order valence-electron chi connectivity index (χ1n) is 9.82. The van der Waals surface area contributed by atoms with E-state index in [4.69, 9.17) is 0 Å². The summed E-state index contributed by atoms with van der Waals surface area (Å²) in [5, 5.41) is 0. The quantitative estimate of drug-likeness (QED) is 0.627. The average molecular weight is 357 g/mol. The fourth-order valence-electron chi connectivity index (χ4n) is 3.45. The Morgan fingerprint density at radius 3 is 1.89 bits per heavy atom. The number of anilines is 1. The van der Waals surface area contributed by atoms with Gasteiger partial charge in [0.2, 0.25) is 0 Å². The van der Waals surface area contributed by atoms with Gasteiger partial charge in [-0.05, 0) is 67.3 Å². The van der Waals surface area contributed by atoms with Gasteiger partial charge >= 0.3 is 0 Å². The lowest BCUT2D eigenvalue weighted by Crippen LogP contribution is -2.21. The topological polar surface area (TPSA) is 15.6 Å². The highest BCUT2D eigenvalue weighted by molar-refractivity contribution is 6.07. The number of benzene rings is 2. The molecular formula is C25H28N2. The number of rotatable bonds is 6. The minimum Gasteiger partial charge on any atom is -0.372 e. The van der Waals surface area contributed by atoms with E-state index in [-0.39, 0.29) is 0 Å². The Morgan fingerprint density at radius 2 is 1.33 bits per heavy atom. The molecule has 0 saturated heterocycles. The molecule has 0 saturated carbocycles. The van der Waals surface area contributed by atoms with Crippen molar-refractivity contribution in [2.75, 3.05) is 24.5 Å². The SMILES string of the molecule is CCN=C1C=CC(=C(c2ccccc2)c2ccc(N(CC)CC)cc2)C=C1. The van der Waals surface area contributed by atoms with Gasteiger partial charge in [0.1, 0.15) is 0 Å². The minimum atomic E-state index is 0.807. The summed E-state index contributed by atoms with van der Waals surface area (Å²) < 4.78 is 0. The summed E-state index contributed by atoms with van der Waals surface area (Å²) in [6.45, 7) is 9.30. The number of hydrogen-bond donors (Lipinski definition) is 0. The normalized spacial score (nSPS) is 13.0. The van der Waals surface area contributed by atoms with E-state index in [1.54, 1.807) is 0 Å². The third kappa shape index (κ3) is 4.46. The van der Waals surface area contributed by atoms with Crippen molar-refractivity contribution >= 4 is 17.0 Å². The van der Waals surface area contributed by atoms with E-state index in [9.17, 15) is 0 Å². The van der Waals surface area contributed by atoms with E-state index >= 15 is 0 Å². The van der Waals surface area contributed by atoms with Crippen molar-refractivity contribution in [2.45, 2.75) is 20.8 Å². The minimum absolute atomic E-state index is 0.807. The lowest BCUT2D eigenvalue weighted by molar-refractivity contribution is 0.866. The molecule has 0 N–H and O–H groups in total. The van der Waals surface area contributed by atoms with Crippen molar-refractivity contribution in [3.63, 3.8) is 0 Å². The second-order valence-corrected chi connectivity index (χ2v) is 6.48. The fourth-order valence-corrected chi connectivity index (χ4v) is 3.45. The molecule has 0 bridgehead atoms. The van der Waals surface area contributed by atoms with Gasteiger partial charge in [-0.1, -0.05) is 54.6 Å². The summed E-state index contributed by atoms with van der Waals surface area (Å²) in [5.41, 5.74) is 7.24. The molecule has 0 radical (unpaired) electrons. The van der Waals surface area contributed by atoms with Gasteiger partial charge in [0, 0.05) is 25.3 Å². The highest BCUT2D eigenvalue weighted by Gasteiger charge is 2.11. The highest BCUT2D eigenvalue weighted by Crippen LogP contribution is 2.30. The smallest absolute Gasteiger partial charge is 0.0574 e. The van der Waals surface area contributed by atoms with Crippen LogP contribution in [0.5, 0.6) is 0 Å². The first-order valence-corrected chi connectivity index (χ1v) is 9.82. The lowest BCUT2D eigenvalue weighted by atomic mass is 9.90. The summed E-state index contributed by atoms with van der Waals surface area (Å²) in [6, 6.07) is 19.5. The van der Waals surface area contributed by atoms with E-state index in [1.165, 1.54) is 28.0 Å². The van der Waals surface area contributed by atoms with Crippen molar-refractivity contribution in [3.8, 4) is 0 Å². The monoisotopic (exact) mass is 356 g/mol. The third-order valence-corrected chi connectivity index (χ3v) is 4.84. The second kappa shape index (κ2) is 9.18. The zero-order valence-electron chi connectivity index (χ0n) is 16.5. The summed E-state index contributed by atoms with van der Waals surface area (Å²) in [7, 11) is 0. The van der Waals surface area contributed by atoms with Crippen molar-refractivity contribution in [1.29, 1.82) is 0 Å². The molecule has 138 valence electrons. The number of aliphatic imine (C=N–C) groups is 1. The van der Waals surface area contributed by atoms with E-state index in [1.807, 2.05) is 0 Å². The van der Waals surface area contributed by atoms with Crippen LogP contribution in [0, 0.1) is 0 Å². The molecular weight excluding hydrogens is 328 g/mol. The van der Waals surface area contributed by atoms with Gasteiger partial charge < -0.3 is 4.90 Å². The van der Waals surface area contributed by atoms with Crippen LogP contribution >= 0.6 is 0 Å². The molecule has 0 aliphatic heterocycles. The summed E-state index contributed by atoms with van der Waals surface area (Å²) in [5.74, 6) is 0. The van der Waals surface area contributed by atoms with E-state index in [0.29, 0.717) is 0 Å². The van der Waals surface area contributed by atoms with Crippen LogP contribution < -0.4 is 4.90 Å². The van der Waals surface area contributed by atoms with Crippen LogP contribution in [-0.2, 0) is 0 Å². The molecule has 0 spiro atoms. The van der Waals surface area contributed by atoms with Crippen molar-refractivity contribution < 1.29 is 0 Å². The van der Waals surface area contributed by atoms with Crippen LogP contribution in [0.15, 0.2) is 89.5 Å². The van der Waals surface area contributed by atoms with Gasteiger partial charge in [-0.15, -0.1) is 0 Å². The van der Waals surface area contributed by atoms with Gasteiger partial charge in [-0.2, -0.15) is 0 Å². The molecule has 2 nitrogen and oxygen atoms in total. The Labute approximate surface area is 163 Å². The maximum Gasteiger partial charge on any atom is 0.0574 e. The Bertz CT molecular complexity index is 846. The third-order valence-electron chi connectivity index (χ3n) is 4.84. The predicted molar refractivity (Wildman–Crippen MR) is 119 cm³/mol. The molecule has 1 aliphatic carbocycles. The molecule has 0 atom stereocenters. The molecule has 0 fully saturated rings. The van der Waals surface area contributed by atoms with Crippen LogP contribution in [0.4, 0.5) is 5.69 Å². The molecule has 0 heterocycles. The molecule has 0 unspecified atom stereocenters. The van der Waals surface area contributed by atoms with Crippen molar-refractivity contribution in [3.05, 3.63) is 95.6 Å².